The van der Waals surface area contributed by atoms with Gasteiger partial charge in [-0.15, -0.1) is 24.8 Å². The second kappa shape index (κ2) is 7.33. The molecule has 1 unspecified atom stereocenters. The normalized spacial score (nSPS) is 14.0. The topological polar surface area (TPSA) is 55.4 Å². The van der Waals surface area contributed by atoms with E-state index >= 15 is 0 Å². The highest BCUT2D eigenvalue weighted by Crippen LogP contribution is 2.22. The first-order chi connectivity index (χ1) is 9.61. The van der Waals surface area contributed by atoms with Gasteiger partial charge in [-0.05, 0) is 23.6 Å². The standard InChI is InChI=1S/C12H15ClF3NO3S/c1-9(6-13)8-21(18,19)17-7-10-2-4-11(5-3-10)20-12(14,15)16/h2-5,9,17H,6-8H2,1H3. The van der Waals surface area contributed by atoms with Gasteiger partial charge in [0.15, 0.2) is 0 Å². The molecule has 1 rings (SSSR count). The fraction of sp³-hybridized carbons (Fsp3) is 0.500. The number of rotatable bonds is 7. The summed E-state index contributed by atoms with van der Waals surface area (Å²) < 4.78 is 65.4. The van der Waals surface area contributed by atoms with Gasteiger partial charge < -0.3 is 4.74 Å². The molecule has 0 heterocycles. The molecule has 0 aliphatic heterocycles. The van der Waals surface area contributed by atoms with Crippen molar-refractivity contribution < 1.29 is 26.3 Å². The van der Waals surface area contributed by atoms with Gasteiger partial charge in [-0.25, -0.2) is 13.1 Å². The third-order valence-electron chi connectivity index (χ3n) is 2.42. The molecule has 0 saturated heterocycles. The number of alkyl halides is 4. The zero-order chi connectivity index (χ0) is 16.1. The lowest BCUT2D eigenvalue weighted by Crippen LogP contribution is -2.29. The Balaban J connectivity index is 2.57. The summed E-state index contributed by atoms with van der Waals surface area (Å²) in [6.07, 6.45) is -4.75. The average Bonchev–Trinajstić information content (AvgIpc) is 2.35. The van der Waals surface area contributed by atoms with E-state index in [0.717, 1.165) is 12.1 Å². The molecule has 1 aromatic carbocycles. The molecular formula is C12H15ClF3NO3S. The van der Waals surface area contributed by atoms with E-state index in [1.165, 1.54) is 12.1 Å². The van der Waals surface area contributed by atoms with Crippen molar-refractivity contribution in [3.05, 3.63) is 29.8 Å². The lowest BCUT2D eigenvalue weighted by Gasteiger charge is -2.11. The van der Waals surface area contributed by atoms with Gasteiger partial charge in [-0.1, -0.05) is 19.1 Å². The van der Waals surface area contributed by atoms with Crippen LogP contribution in [0.5, 0.6) is 5.75 Å². The van der Waals surface area contributed by atoms with E-state index in [-0.39, 0.29) is 29.8 Å². The molecule has 4 nitrogen and oxygen atoms in total. The number of hydrogen-bond donors (Lipinski definition) is 1. The molecular weight excluding hydrogens is 331 g/mol. The smallest absolute Gasteiger partial charge is 0.406 e. The molecule has 0 aliphatic rings. The van der Waals surface area contributed by atoms with Crippen molar-refractivity contribution in [2.24, 2.45) is 5.92 Å². The Hall–Kier alpha value is -0.990. The maximum atomic E-state index is 12.0. The second-order valence-electron chi connectivity index (χ2n) is 4.55. The van der Waals surface area contributed by atoms with E-state index < -0.39 is 16.4 Å². The molecule has 1 N–H and O–H groups in total. The summed E-state index contributed by atoms with van der Waals surface area (Å²) in [4.78, 5) is 0. The first kappa shape index (κ1) is 18.1. The van der Waals surface area contributed by atoms with Crippen LogP contribution < -0.4 is 9.46 Å². The molecule has 0 saturated carbocycles. The number of benzene rings is 1. The van der Waals surface area contributed by atoms with Gasteiger partial charge >= 0.3 is 6.36 Å². The molecule has 120 valence electrons. The van der Waals surface area contributed by atoms with Crippen LogP contribution in [0.3, 0.4) is 0 Å². The highest BCUT2D eigenvalue weighted by atomic mass is 35.5. The van der Waals surface area contributed by atoms with Crippen molar-refractivity contribution in [2.75, 3.05) is 11.6 Å². The molecule has 1 aromatic rings. The van der Waals surface area contributed by atoms with Gasteiger partial charge in [0.2, 0.25) is 10.0 Å². The summed E-state index contributed by atoms with van der Waals surface area (Å²) in [5.74, 6) is -0.424. The number of halogens is 4. The van der Waals surface area contributed by atoms with Crippen LogP contribution >= 0.6 is 11.6 Å². The zero-order valence-corrected chi connectivity index (χ0v) is 12.7. The minimum atomic E-state index is -4.75. The van der Waals surface area contributed by atoms with Crippen molar-refractivity contribution in [2.45, 2.75) is 19.8 Å². The summed E-state index contributed by atoms with van der Waals surface area (Å²) in [6.45, 7) is 1.69. The van der Waals surface area contributed by atoms with Crippen LogP contribution in [-0.2, 0) is 16.6 Å². The lowest BCUT2D eigenvalue weighted by atomic mass is 10.2. The Kier molecular flexibility index (Phi) is 6.30. The van der Waals surface area contributed by atoms with E-state index in [1.54, 1.807) is 6.92 Å². The predicted molar refractivity (Wildman–Crippen MR) is 73.6 cm³/mol. The number of sulfonamides is 1. The molecule has 0 fully saturated rings. The molecule has 21 heavy (non-hydrogen) atoms. The molecule has 0 spiro atoms. The number of nitrogens with one attached hydrogen (secondary N) is 1. The molecule has 0 bridgehead atoms. The van der Waals surface area contributed by atoms with E-state index in [4.69, 9.17) is 11.6 Å². The maximum absolute atomic E-state index is 12.0. The van der Waals surface area contributed by atoms with Gasteiger partial charge in [-0.2, -0.15) is 0 Å². The first-order valence-corrected chi connectivity index (χ1v) is 8.18. The molecule has 0 amide bonds. The van der Waals surface area contributed by atoms with E-state index in [1.807, 2.05) is 0 Å². The van der Waals surface area contributed by atoms with E-state index in [9.17, 15) is 21.6 Å². The van der Waals surface area contributed by atoms with Crippen molar-refractivity contribution in [3.63, 3.8) is 0 Å². The first-order valence-electron chi connectivity index (χ1n) is 5.99. The highest BCUT2D eigenvalue weighted by Gasteiger charge is 2.30. The summed E-state index contributed by atoms with van der Waals surface area (Å²) in [6, 6.07) is 4.96. The Morgan fingerprint density at radius 3 is 2.33 bits per heavy atom. The molecule has 0 radical (unpaired) electrons. The Morgan fingerprint density at radius 1 is 1.29 bits per heavy atom. The van der Waals surface area contributed by atoms with E-state index in [0.29, 0.717) is 5.56 Å². The third kappa shape index (κ3) is 7.54. The third-order valence-corrected chi connectivity index (χ3v) is 4.54. The second-order valence-corrected chi connectivity index (χ2v) is 6.71. The molecule has 0 aromatic heterocycles. The van der Waals surface area contributed by atoms with Crippen LogP contribution in [-0.4, -0.2) is 26.4 Å². The molecule has 9 heteroatoms. The zero-order valence-electron chi connectivity index (χ0n) is 11.2. The fourth-order valence-corrected chi connectivity index (χ4v) is 3.09. The monoisotopic (exact) mass is 345 g/mol. The minimum absolute atomic E-state index is 0.0103. The Labute approximate surface area is 126 Å². The van der Waals surface area contributed by atoms with Crippen molar-refractivity contribution in [3.8, 4) is 5.75 Å². The van der Waals surface area contributed by atoms with Gasteiger partial charge in [0, 0.05) is 12.4 Å². The maximum Gasteiger partial charge on any atom is 0.573 e. The van der Waals surface area contributed by atoms with Gasteiger partial charge in [-0.3, -0.25) is 0 Å². The van der Waals surface area contributed by atoms with Crippen molar-refractivity contribution >= 4 is 21.6 Å². The largest absolute Gasteiger partial charge is 0.573 e. The van der Waals surface area contributed by atoms with Crippen LogP contribution in [0.15, 0.2) is 24.3 Å². The van der Waals surface area contributed by atoms with E-state index in [2.05, 4.69) is 9.46 Å². The summed E-state index contributed by atoms with van der Waals surface area (Å²) in [5, 5.41) is 0. The van der Waals surface area contributed by atoms with Gasteiger partial charge in [0.1, 0.15) is 5.75 Å². The number of ether oxygens (including phenoxy) is 1. The summed E-state index contributed by atoms with van der Waals surface area (Å²) in [7, 11) is -3.48. The Morgan fingerprint density at radius 2 is 1.86 bits per heavy atom. The highest BCUT2D eigenvalue weighted by molar-refractivity contribution is 7.89. The summed E-state index contributed by atoms with van der Waals surface area (Å²) in [5.41, 5.74) is 0.520. The average molecular weight is 346 g/mol. The molecule has 0 aliphatic carbocycles. The minimum Gasteiger partial charge on any atom is -0.406 e. The van der Waals surface area contributed by atoms with Crippen LogP contribution in [0.2, 0.25) is 0 Å². The van der Waals surface area contributed by atoms with Crippen molar-refractivity contribution in [1.29, 1.82) is 0 Å². The quantitative estimate of drug-likeness (QED) is 0.773. The molecule has 1 atom stereocenters. The number of hydrogen-bond acceptors (Lipinski definition) is 3. The lowest BCUT2D eigenvalue weighted by molar-refractivity contribution is -0.274. The van der Waals surface area contributed by atoms with Crippen LogP contribution in [0.25, 0.3) is 0 Å². The summed E-state index contributed by atoms with van der Waals surface area (Å²) >= 11 is 5.55. The fourth-order valence-electron chi connectivity index (χ4n) is 1.48. The predicted octanol–water partition coefficient (Wildman–Crippen LogP) is 2.88. The van der Waals surface area contributed by atoms with Crippen LogP contribution in [0.4, 0.5) is 13.2 Å². The van der Waals surface area contributed by atoms with Crippen LogP contribution in [0, 0.1) is 5.92 Å². The Bertz CT molecular complexity index is 546. The van der Waals surface area contributed by atoms with Crippen molar-refractivity contribution in [1.82, 2.24) is 4.72 Å². The SMILES string of the molecule is CC(CCl)CS(=O)(=O)NCc1ccc(OC(F)(F)F)cc1. The van der Waals surface area contributed by atoms with Crippen LogP contribution in [0.1, 0.15) is 12.5 Å². The van der Waals surface area contributed by atoms with Gasteiger partial charge in [0.25, 0.3) is 0 Å². The van der Waals surface area contributed by atoms with Gasteiger partial charge in [0.05, 0.1) is 5.75 Å².